The van der Waals surface area contributed by atoms with E-state index in [4.69, 9.17) is 0 Å². The zero-order valence-corrected chi connectivity index (χ0v) is 18.5. The van der Waals surface area contributed by atoms with E-state index in [1.807, 2.05) is 18.9 Å². The molecular weight excluding hydrogens is 409 g/mol. The first-order valence-electron chi connectivity index (χ1n) is 9.52. The summed E-state index contributed by atoms with van der Waals surface area (Å²) >= 11 is 0. The molecule has 0 aliphatic heterocycles. The Morgan fingerprint density at radius 3 is 2.50 bits per heavy atom. The average Bonchev–Trinajstić information content (AvgIpc) is 2.70. The minimum Gasteiger partial charge on any atom is -0.306 e. The van der Waals surface area contributed by atoms with Crippen molar-refractivity contribution >= 4 is 27.4 Å². The summed E-state index contributed by atoms with van der Waals surface area (Å²) in [5.74, 6) is -0.492. The van der Waals surface area contributed by atoms with Crippen LogP contribution in [0.5, 0.6) is 0 Å². The fourth-order valence-electron chi connectivity index (χ4n) is 2.65. The Bertz CT molecular complexity index is 967. The van der Waals surface area contributed by atoms with E-state index in [1.165, 1.54) is 16.6 Å². The number of hydrogen-bond acceptors (Lipinski definition) is 5. The van der Waals surface area contributed by atoms with Crippen LogP contribution in [0.4, 0.5) is 20.6 Å². The molecule has 8 nitrogen and oxygen atoms in total. The zero-order valence-electron chi connectivity index (χ0n) is 17.6. The summed E-state index contributed by atoms with van der Waals surface area (Å²) in [7, 11) is 0.175. The Kier molecular flexibility index (Phi) is 8.27. The number of halogens is 1. The van der Waals surface area contributed by atoms with E-state index in [2.05, 4.69) is 15.6 Å². The maximum Gasteiger partial charge on any atom is 0.323 e. The lowest BCUT2D eigenvalue weighted by atomic mass is 10.2. The SMILES string of the molecule is CCS(=O)(=O)N(C)CCN(C)Cc1ccc(F)c(NC(=O)Nc2ccc(C)nc2)c1. The normalized spacial score (nSPS) is 11.7. The number of nitrogens with zero attached hydrogens (tertiary/aromatic N) is 3. The fraction of sp³-hybridized carbons (Fsp3) is 0.400. The molecule has 0 saturated heterocycles. The summed E-state index contributed by atoms with van der Waals surface area (Å²) in [6.07, 6.45) is 1.52. The van der Waals surface area contributed by atoms with Crippen molar-refractivity contribution in [3.8, 4) is 0 Å². The number of carbonyl (C=O) groups excluding carboxylic acids is 1. The Morgan fingerprint density at radius 1 is 1.13 bits per heavy atom. The van der Waals surface area contributed by atoms with Gasteiger partial charge in [-0.15, -0.1) is 0 Å². The Hall–Kier alpha value is -2.56. The van der Waals surface area contributed by atoms with Crippen molar-refractivity contribution in [3.63, 3.8) is 0 Å². The number of benzene rings is 1. The molecule has 30 heavy (non-hydrogen) atoms. The molecule has 1 aromatic heterocycles. The Labute approximate surface area is 177 Å². The van der Waals surface area contributed by atoms with Gasteiger partial charge in [0.1, 0.15) is 5.82 Å². The number of urea groups is 1. The number of sulfonamides is 1. The van der Waals surface area contributed by atoms with Crippen molar-refractivity contribution in [2.75, 3.05) is 43.6 Å². The van der Waals surface area contributed by atoms with Crippen molar-refractivity contribution < 1.29 is 17.6 Å². The van der Waals surface area contributed by atoms with Crippen LogP contribution in [0.1, 0.15) is 18.2 Å². The lowest BCUT2D eigenvalue weighted by Gasteiger charge is -2.21. The minimum atomic E-state index is -3.22. The van der Waals surface area contributed by atoms with Crippen LogP contribution in [-0.2, 0) is 16.6 Å². The molecule has 0 atom stereocenters. The molecule has 2 N–H and O–H groups in total. The Balaban J connectivity index is 1.95. The van der Waals surface area contributed by atoms with Crippen LogP contribution in [-0.4, -0.2) is 61.6 Å². The molecule has 0 saturated carbocycles. The predicted octanol–water partition coefficient (Wildman–Crippen LogP) is 2.89. The lowest BCUT2D eigenvalue weighted by molar-refractivity contribution is 0.262. The van der Waals surface area contributed by atoms with Crippen LogP contribution >= 0.6 is 0 Å². The number of rotatable bonds is 9. The molecule has 0 spiro atoms. The highest BCUT2D eigenvalue weighted by Gasteiger charge is 2.15. The maximum absolute atomic E-state index is 14.1. The third kappa shape index (κ3) is 7.05. The number of hydrogen-bond donors (Lipinski definition) is 2. The summed E-state index contributed by atoms with van der Waals surface area (Å²) in [5.41, 5.74) is 2.17. The molecule has 2 amide bonds. The number of anilines is 2. The maximum atomic E-state index is 14.1. The largest absolute Gasteiger partial charge is 0.323 e. The minimum absolute atomic E-state index is 0.0565. The first kappa shape index (κ1) is 23.7. The van der Waals surface area contributed by atoms with Gasteiger partial charge in [0.2, 0.25) is 10.0 Å². The molecule has 0 fully saturated rings. The third-order valence-corrected chi connectivity index (χ3v) is 6.40. The van der Waals surface area contributed by atoms with E-state index in [-0.39, 0.29) is 11.4 Å². The highest BCUT2D eigenvalue weighted by atomic mass is 32.2. The molecule has 0 unspecified atom stereocenters. The summed E-state index contributed by atoms with van der Waals surface area (Å²) in [6.45, 7) is 4.78. The third-order valence-electron chi connectivity index (χ3n) is 4.54. The number of amides is 2. The molecule has 1 heterocycles. The van der Waals surface area contributed by atoms with Crippen molar-refractivity contribution in [1.82, 2.24) is 14.2 Å². The van der Waals surface area contributed by atoms with Gasteiger partial charge in [0.25, 0.3) is 0 Å². The summed E-state index contributed by atoms with van der Waals surface area (Å²) in [5, 5.41) is 5.11. The molecule has 0 aliphatic rings. The van der Waals surface area contributed by atoms with E-state index in [1.54, 1.807) is 38.2 Å². The number of aromatic nitrogens is 1. The molecule has 1 aromatic carbocycles. The number of aryl methyl sites for hydroxylation is 1. The topological polar surface area (TPSA) is 94.6 Å². The van der Waals surface area contributed by atoms with Crippen LogP contribution in [0.25, 0.3) is 0 Å². The zero-order chi connectivity index (χ0) is 22.3. The molecular formula is C20H28FN5O3S. The number of pyridine rings is 1. The van der Waals surface area contributed by atoms with Gasteiger partial charge in [-0.2, -0.15) is 0 Å². The molecule has 0 radical (unpaired) electrons. The standard InChI is InChI=1S/C20H28FN5O3S/c1-5-30(28,29)26(4)11-10-25(3)14-16-7-9-18(21)19(12-16)24-20(27)23-17-8-6-15(2)22-13-17/h6-9,12-13H,5,10-11,14H2,1-4H3,(H2,23,24,27). The van der Waals surface area contributed by atoms with Gasteiger partial charge in [-0.3, -0.25) is 4.98 Å². The molecule has 10 heteroatoms. The van der Waals surface area contributed by atoms with Crippen molar-refractivity contribution in [3.05, 3.63) is 53.6 Å². The van der Waals surface area contributed by atoms with Gasteiger partial charge in [0.15, 0.2) is 0 Å². The van der Waals surface area contributed by atoms with Crippen LogP contribution in [0.15, 0.2) is 36.5 Å². The molecule has 2 aromatic rings. The van der Waals surface area contributed by atoms with Crippen LogP contribution in [0.3, 0.4) is 0 Å². The van der Waals surface area contributed by atoms with E-state index < -0.39 is 21.9 Å². The van der Waals surface area contributed by atoms with Gasteiger partial charge in [0.05, 0.1) is 23.3 Å². The first-order valence-corrected chi connectivity index (χ1v) is 11.1. The molecule has 0 bridgehead atoms. The second-order valence-corrected chi connectivity index (χ2v) is 9.41. The molecule has 0 aliphatic carbocycles. The predicted molar refractivity (Wildman–Crippen MR) is 116 cm³/mol. The van der Waals surface area contributed by atoms with E-state index in [9.17, 15) is 17.6 Å². The molecule has 2 rings (SSSR count). The smallest absolute Gasteiger partial charge is 0.306 e. The summed E-state index contributed by atoms with van der Waals surface area (Å²) in [4.78, 5) is 18.2. The van der Waals surface area contributed by atoms with Crippen LogP contribution in [0.2, 0.25) is 0 Å². The highest BCUT2D eigenvalue weighted by Crippen LogP contribution is 2.18. The highest BCUT2D eigenvalue weighted by molar-refractivity contribution is 7.89. The van der Waals surface area contributed by atoms with Gasteiger partial charge in [-0.05, 0) is 50.7 Å². The van der Waals surface area contributed by atoms with Gasteiger partial charge in [0, 0.05) is 32.4 Å². The van der Waals surface area contributed by atoms with E-state index in [0.29, 0.717) is 25.3 Å². The number of nitrogens with one attached hydrogen (secondary N) is 2. The number of likely N-dealkylation sites (N-methyl/N-ethyl adjacent to an activating group) is 2. The fourth-order valence-corrected chi connectivity index (χ4v) is 3.46. The quantitative estimate of drug-likeness (QED) is 0.629. The van der Waals surface area contributed by atoms with Gasteiger partial charge >= 0.3 is 6.03 Å². The second kappa shape index (κ2) is 10.5. The van der Waals surface area contributed by atoms with Crippen LogP contribution in [0, 0.1) is 12.7 Å². The van der Waals surface area contributed by atoms with Gasteiger partial charge in [-0.1, -0.05) is 6.07 Å². The van der Waals surface area contributed by atoms with Crippen molar-refractivity contribution in [2.24, 2.45) is 0 Å². The average molecular weight is 438 g/mol. The summed E-state index contributed by atoms with van der Waals surface area (Å²) in [6, 6.07) is 7.38. The van der Waals surface area contributed by atoms with Gasteiger partial charge in [-0.25, -0.2) is 21.9 Å². The molecule has 164 valence electrons. The summed E-state index contributed by atoms with van der Waals surface area (Å²) < 4.78 is 39.1. The van der Waals surface area contributed by atoms with Crippen LogP contribution < -0.4 is 10.6 Å². The van der Waals surface area contributed by atoms with E-state index in [0.717, 1.165) is 11.3 Å². The number of carbonyl (C=O) groups is 1. The second-order valence-electron chi connectivity index (χ2n) is 7.04. The van der Waals surface area contributed by atoms with Gasteiger partial charge < -0.3 is 15.5 Å². The van der Waals surface area contributed by atoms with Crippen molar-refractivity contribution in [1.29, 1.82) is 0 Å². The Morgan fingerprint density at radius 2 is 1.87 bits per heavy atom. The first-order chi connectivity index (χ1) is 14.1. The lowest BCUT2D eigenvalue weighted by Crippen LogP contribution is -2.35. The van der Waals surface area contributed by atoms with E-state index >= 15 is 0 Å². The monoisotopic (exact) mass is 437 g/mol. The van der Waals surface area contributed by atoms with Crippen molar-refractivity contribution in [2.45, 2.75) is 20.4 Å².